The first kappa shape index (κ1) is 18.5. The lowest BCUT2D eigenvalue weighted by Crippen LogP contribution is -2.54. The number of halogens is 1. The summed E-state index contributed by atoms with van der Waals surface area (Å²) in [4.78, 5) is 16.7. The van der Waals surface area contributed by atoms with Crippen LogP contribution in [0.1, 0.15) is 26.2 Å². The minimum Gasteiger partial charge on any atom is -0.491 e. The van der Waals surface area contributed by atoms with Crippen LogP contribution in [0.25, 0.3) is 0 Å². The van der Waals surface area contributed by atoms with Crippen LogP contribution in [0.15, 0.2) is 24.3 Å². The zero-order valence-electron chi connectivity index (χ0n) is 14.9. The van der Waals surface area contributed by atoms with Gasteiger partial charge in [0.15, 0.2) is 0 Å². The Morgan fingerprint density at radius 3 is 2.68 bits per heavy atom. The fourth-order valence-corrected chi connectivity index (χ4v) is 4.11. The van der Waals surface area contributed by atoms with Crippen molar-refractivity contribution in [3.8, 4) is 5.75 Å². The van der Waals surface area contributed by atoms with Crippen molar-refractivity contribution in [1.29, 1.82) is 0 Å². The van der Waals surface area contributed by atoms with Gasteiger partial charge >= 0.3 is 0 Å². The molecule has 138 valence electrons. The van der Waals surface area contributed by atoms with Crippen molar-refractivity contribution in [2.75, 3.05) is 46.0 Å². The van der Waals surface area contributed by atoms with Gasteiger partial charge in [0, 0.05) is 51.9 Å². The Hall–Kier alpha value is -1.30. The zero-order chi connectivity index (χ0) is 17.7. The van der Waals surface area contributed by atoms with Gasteiger partial charge in [-0.15, -0.1) is 0 Å². The summed E-state index contributed by atoms with van der Waals surface area (Å²) in [5, 5.41) is 0.641. The van der Waals surface area contributed by atoms with Crippen LogP contribution in [0.5, 0.6) is 5.75 Å². The van der Waals surface area contributed by atoms with Crippen molar-refractivity contribution in [3.63, 3.8) is 0 Å². The average Bonchev–Trinajstić information content (AvgIpc) is 2.77. The predicted molar refractivity (Wildman–Crippen MR) is 98.2 cm³/mol. The molecule has 0 aliphatic carbocycles. The van der Waals surface area contributed by atoms with Gasteiger partial charge in [0.05, 0.1) is 5.02 Å². The molecule has 5 nitrogen and oxygen atoms in total. The van der Waals surface area contributed by atoms with Gasteiger partial charge in [-0.25, -0.2) is 0 Å². The number of amides is 1. The molecule has 25 heavy (non-hydrogen) atoms. The van der Waals surface area contributed by atoms with Crippen LogP contribution in [0.2, 0.25) is 5.02 Å². The Morgan fingerprint density at radius 1 is 1.20 bits per heavy atom. The number of nitrogens with zero attached hydrogens (tertiary/aromatic N) is 2. The quantitative estimate of drug-likeness (QED) is 0.821. The molecule has 0 aromatic heterocycles. The average molecular weight is 367 g/mol. The second kappa shape index (κ2) is 8.39. The molecule has 0 unspecified atom stereocenters. The molecule has 2 aliphatic heterocycles. The van der Waals surface area contributed by atoms with Crippen LogP contribution in [-0.4, -0.2) is 67.2 Å². The second-order valence-corrected chi connectivity index (χ2v) is 7.29. The van der Waals surface area contributed by atoms with Gasteiger partial charge in [-0.3, -0.25) is 9.69 Å². The molecule has 0 saturated carbocycles. The lowest BCUT2D eigenvalue weighted by Gasteiger charge is -2.45. The second-order valence-electron chi connectivity index (χ2n) is 6.88. The Morgan fingerprint density at radius 2 is 1.96 bits per heavy atom. The van der Waals surface area contributed by atoms with E-state index >= 15 is 0 Å². The van der Waals surface area contributed by atoms with Gasteiger partial charge in [0.1, 0.15) is 12.4 Å². The van der Waals surface area contributed by atoms with Crippen LogP contribution < -0.4 is 4.74 Å². The van der Waals surface area contributed by atoms with E-state index in [0.717, 1.165) is 64.4 Å². The lowest BCUT2D eigenvalue weighted by molar-refractivity contribution is -0.139. The van der Waals surface area contributed by atoms with Crippen molar-refractivity contribution in [3.05, 3.63) is 29.3 Å². The third kappa shape index (κ3) is 4.46. The largest absolute Gasteiger partial charge is 0.491 e. The Labute approximate surface area is 154 Å². The van der Waals surface area contributed by atoms with E-state index in [1.807, 2.05) is 24.3 Å². The highest BCUT2D eigenvalue weighted by molar-refractivity contribution is 6.32. The van der Waals surface area contributed by atoms with Gasteiger partial charge in [-0.05, 0) is 31.4 Å². The number of hydrogen-bond acceptors (Lipinski definition) is 4. The fraction of sp³-hybridized carbons (Fsp3) is 0.632. The van der Waals surface area contributed by atoms with Gasteiger partial charge in [-0.2, -0.15) is 0 Å². The number of hydrogen-bond donors (Lipinski definition) is 0. The summed E-state index contributed by atoms with van der Waals surface area (Å²) in [6.45, 7) is 7.26. The van der Waals surface area contributed by atoms with Gasteiger partial charge < -0.3 is 14.4 Å². The molecule has 2 heterocycles. The summed E-state index contributed by atoms with van der Waals surface area (Å²) < 4.78 is 11.4. The summed E-state index contributed by atoms with van der Waals surface area (Å²) >= 11 is 6.13. The van der Waals surface area contributed by atoms with Gasteiger partial charge in [0.25, 0.3) is 0 Å². The van der Waals surface area contributed by atoms with Crippen molar-refractivity contribution in [2.45, 2.75) is 31.7 Å². The molecule has 0 radical (unpaired) electrons. The van der Waals surface area contributed by atoms with Gasteiger partial charge in [-0.1, -0.05) is 23.7 Å². The molecule has 0 bridgehead atoms. The maximum Gasteiger partial charge on any atom is 0.219 e. The van der Waals surface area contributed by atoms with Crippen molar-refractivity contribution >= 4 is 17.5 Å². The molecule has 2 saturated heterocycles. The Balaban J connectivity index is 1.56. The Kier molecular flexibility index (Phi) is 6.20. The zero-order valence-corrected chi connectivity index (χ0v) is 15.6. The summed E-state index contributed by atoms with van der Waals surface area (Å²) in [6.07, 6.45) is 2.88. The number of carbonyl (C=O) groups excluding carboxylic acids is 1. The molecule has 0 N–H and O–H groups in total. The third-order valence-electron chi connectivity index (χ3n) is 5.41. The third-order valence-corrected chi connectivity index (χ3v) is 5.72. The van der Waals surface area contributed by atoms with Crippen LogP contribution >= 0.6 is 11.6 Å². The smallest absolute Gasteiger partial charge is 0.219 e. The molecule has 1 amide bonds. The van der Waals surface area contributed by atoms with Crippen molar-refractivity contribution in [1.82, 2.24) is 9.80 Å². The highest BCUT2D eigenvalue weighted by atomic mass is 35.5. The first-order chi connectivity index (χ1) is 12.1. The van der Waals surface area contributed by atoms with E-state index in [-0.39, 0.29) is 11.4 Å². The highest BCUT2D eigenvalue weighted by Gasteiger charge is 2.41. The molecule has 1 aromatic rings. The van der Waals surface area contributed by atoms with E-state index in [4.69, 9.17) is 21.1 Å². The fourth-order valence-electron chi connectivity index (χ4n) is 3.92. The van der Waals surface area contributed by atoms with Crippen molar-refractivity contribution in [2.24, 2.45) is 0 Å². The SMILES string of the molecule is CC(=O)N1CCN(CCOc2ccccc2Cl)CCC12CCOCC2. The summed E-state index contributed by atoms with van der Waals surface area (Å²) in [5.41, 5.74) is -0.0254. The van der Waals surface area contributed by atoms with Crippen LogP contribution in [0.3, 0.4) is 0 Å². The number of benzene rings is 1. The number of rotatable bonds is 4. The summed E-state index contributed by atoms with van der Waals surface area (Å²) in [7, 11) is 0. The lowest BCUT2D eigenvalue weighted by atomic mass is 9.84. The van der Waals surface area contributed by atoms with Crippen LogP contribution in [0, 0.1) is 0 Å². The molecular weight excluding hydrogens is 340 g/mol. The molecule has 1 spiro atoms. The predicted octanol–water partition coefficient (Wildman–Crippen LogP) is 2.82. The van der Waals surface area contributed by atoms with E-state index in [1.54, 1.807) is 6.92 Å². The van der Waals surface area contributed by atoms with Crippen molar-refractivity contribution < 1.29 is 14.3 Å². The molecular formula is C19H27ClN2O3. The molecule has 6 heteroatoms. The van der Waals surface area contributed by atoms with E-state index in [1.165, 1.54) is 0 Å². The molecule has 0 atom stereocenters. The minimum absolute atomic E-state index is 0.0254. The number of para-hydroxylation sites is 1. The first-order valence-electron chi connectivity index (χ1n) is 9.06. The standard InChI is InChI=1S/C19H27ClN2O3/c1-16(23)22-11-10-21(9-6-19(22)7-13-24-14-8-19)12-15-25-18-5-3-2-4-17(18)20/h2-5H,6-15H2,1H3. The van der Waals surface area contributed by atoms with Crippen LogP contribution in [0.4, 0.5) is 0 Å². The van der Waals surface area contributed by atoms with Gasteiger partial charge in [0.2, 0.25) is 5.91 Å². The molecule has 2 aliphatic rings. The highest BCUT2D eigenvalue weighted by Crippen LogP contribution is 2.33. The normalized spacial score (nSPS) is 21.1. The van der Waals surface area contributed by atoms with E-state index in [9.17, 15) is 4.79 Å². The molecule has 1 aromatic carbocycles. The monoisotopic (exact) mass is 366 g/mol. The maximum absolute atomic E-state index is 12.2. The van der Waals surface area contributed by atoms with E-state index in [2.05, 4.69) is 9.80 Å². The summed E-state index contributed by atoms with van der Waals surface area (Å²) in [5.74, 6) is 0.904. The topological polar surface area (TPSA) is 42.0 Å². The molecule has 2 fully saturated rings. The number of ether oxygens (including phenoxy) is 2. The van der Waals surface area contributed by atoms with E-state index < -0.39 is 0 Å². The maximum atomic E-state index is 12.2. The minimum atomic E-state index is -0.0254. The van der Waals surface area contributed by atoms with Crippen LogP contribution in [-0.2, 0) is 9.53 Å². The number of carbonyl (C=O) groups is 1. The van der Waals surface area contributed by atoms with E-state index in [0.29, 0.717) is 11.6 Å². The Bertz CT molecular complexity index is 590. The summed E-state index contributed by atoms with van der Waals surface area (Å²) in [6, 6.07) is 7.54. The molecule has 3 rings (SSSR count). The first-order valence-corrected chi connectivity index (χ1v) is 9.44.